The molecule has 2 heterocycles. The Bertz CT molecular complexity index is 726. The third-order valence-corrected chi connectivity index (χ3v) is 3.98. The van der Waals surface area contributed by atoms with E-state index in [2.05, 4.69) is 4.74 Å². The number of esters is 1. The molecule has 0 unspecified atom stereocenters. The molecule has 0 saturated heterocycles. The molecule has 0 bridgehead atoms. The maximum absolute atomic E-state index is 12.4. The minimum absolute atomic E-state index is 0.180. The number of rotatable bonds is 5. The second kappa shape index (κ2) is 6.91. The van der Waals surface area contributed by atoms with Gasteiger partial charge in [-0.25, -0.2) is 0 Å². The van der Waals surface area contributed by atoms with E-state index in [1.54, 1.807) is 12.1 Å². The van der Waals surface area contributed by atoms with Gasteiger partial charge in [0, 0.05) is 0 Å². The lowest BCUT2D eigenvalue weighted by Gasteiger charge is -2.16. The molecule has 0 N–H and O–H groups in total. The van der Waals surface area contributed by atoms with Crippen molar-refractivity contribution >= 4 is 23.2 Å². The third kappa shape index (κ3) is 3.54. The van der Waals surface area contributed by atoms with Crippen molar-refractivity contribution in [3.8, 4) is 16.7 Å². The van der Waals surface area contributed by atoms with E-state index in [1.165, 1.54) is 18.4 Å². The first-order valence-corrected chi connectivity index (χ1v) is 7.26. The maximum atomic E-state index is 12.4. The number of carbonyl (C=O) groups excluding carboxylic acids is 2. The van der Waals surface area contributed by atoms with Crippen molar-refractivity contribution in [1.82, 2.24) is 4.90 Å². The van der Waals surface area contributed by atoms with Crippen LogP contribution in [0.3, 0.4) is 0 Å². The van der Waals surface area contributed by atoms with E-state index in [4.69, 9.17) is 9.68 Å². The van der Waals surface area contributed by atoms with E-state index in [0.29, 0.717) is 10.6 Å². The van der Waals surface area contributed by atoms with Crippen LogP contribution >= 0.6 is 11.3 Å². The Hall–Kier alpha value is -2.59. The molecule has 7 heteroatoms. The van der Waals surface area contributed by atoms with E-state index < -0.39 is 5.97 Å². The van der Waals surface area contributed by atoms with E-state index >= 15 is 0 Å². The maximum Gasteiger partial charge on any atom is 0.325 e. The normalized spacial score (nSPS) is 10.0. The predicted octanol–water partition coefficient (Wildman–Crippen LogP) is 2.46. The van der Waals surface area contributed by atoms with Crippen LogP contribution in [0.2, 0.25) is 0 Å². The lowest BCUT2D eigenvalue weighted by molar-refractivity contribution is -0.141. The fourth-order valence-electron chi connectivity index (χ4n) is 1.81. The molecule has 2 aromatic heterocycles. The Labute approximate surface area is 131 Å². The summed E-state index contributed by atoms with van der Waals surface area (Å²) in [5.41, 5.74) is 0. The Balaban J connectivity index is 2.19. The van der Waals surface area contributed by atoms with Gasteiger partial charge in [-0.15, -0.1) is 11.3 Å². The molecule has 6 nitrogen and oxygen atoms in total. The fraction of sp³-hybridized carbons (Fsp3) is 0.267. The topological polar surface area (TPSA) is 83.5 Å². The molecule has 22 heavy (non-hydrogen) atoms. The Morgan fingerprint density at radius 3 is 2.73 bits per heavy atom. The van der Waals surface area contributed by atoms with Crippen molar-refractivity contribution in [2.45, 2.75) is 6.92 Å². The summed E-state index contributed by atoms with van der Waals surface area (Å²) >= 11 is 1.25. The van der Waals surface area contributed by atoms with Crippen molar-refractivity contribution < 1.29 is 18.7 Å². The van der Waals surface area contributed by atoms with Crippen LogP contribution in [0, 0.1) is 18.3 Å². The third-order valence-electron chi connectivity index (χ3n) is 2.90. The molecule has 0 spiro atoms. The average Bonchev–Trinajstić information content (AvgIpc) is 3.14. The first-order chi connectivity index (χ1) is 10.5. The van der Waals surface area contributed by atoms with Crippen LogP contribution in [0.15, 0.2) is 28.7 Å². The quantitative estimate of drug-likeness (QED) is 0.624. The summed E-state index contributed by atoms with van der Waals surface area (Å²) < 4.78 is 10.0. The highest BCUT2D eigenvalue weighted by Crippen LogP contribution is 2.30. The van der Waals surface area contributed by atoms with Crippen molar-refractivity contribution in [3.63, 3.8) is 0 Å². The molecule has 0 aliphatic rings. The standard InChI is InChI=1S/C15H14N2O4S/c1-10-3-4-11(21-10)12-5-6-13(22-12)15(19)17(8-7-16)9-14(18)20-2/h3-6H,8-9H2,1-2H3. The van der Waals surface area contributed by atoms with Gasteiger partial charge in [-0.3, -0.25) is 9.59 Å². The van der Waals surface area contributed by atoms with Crippen LogP contribution < -0.4 is 0 Å². The van der Waals surface area contributed by atoms with Crippen LogP contribution in [0.1, 0.15) is 15.4 Å². The summed E-state index contributed by atoms with van der Waals surface area (Å²) in [6.45, 7) is 1.41. The summed E-state index contributed by atoms with van der Waals surface area (Å²) in [6.07, 6.45) is 0. The second-order valence-corrected chi connectivity index (χ2v) is 5.55. The second-order valence-electron chi connectivity index (χ2n) is 4.47. The number of furan rings is 1. The molecule has 1 amide bonds. The fourth-order valence-corrected chi connectivity index (χ4v) is 2.75. The van der Waals surface area contributed by atoms with Gasteiger partial charge in [0.2, 0.25) is 0 Å². The van der Waals surface area contributed by atoms with Crippen LogP contribution in [0.5, 0.6) is 0 Å². The van der Waals surface area contributed by atoms with E-state index in [1.807, 2.05) is 25.1 Å². The molecule has 0 saturated carbocycles. The zero-order valence-electron chi connectivity index (χ0n) is 12.2. The van der Waals surface area contributed by atoms with Gasteiger partial charge in [0.25, 0.3) is 5.91 Å². The van der Waals surface area contributed by atoms with Gasteiger partial charge < -0.3 is 14.1 Å². The molecular formula is C15H14N2O4S. The summed E-state index contributed by atoms with van der Waals surface area (Å²) in [7, 11) is 1.24. The molecule has 2 rings (SSSR count). The van der Waals surface area contributed by atoms with Crippen LogP contribution in [0.25, 0.3) is 10.6 Å². The molecule has 0 fully saturated rings. The number of hydrogen-bond acceptors (Lipinski definition) is 6. The molecule has 2 aromatic rings. The first-order valence-electron chi connectivity index (χ1n) is 6.45. The molecule has 0 atom stereocenters. The number of carbonyl (C=O) groups is 2. The van der Waals surface area contributed by atoms with Gasteiger partial charge in [0.15, 0.2) is 0 Å². The van der Waals surface area contributed by atoms with E-state index in [-0.39, 0.29) is 19.0 Å². The van der Waals surface area contributed by atoms with Crippen LogP contribution in [-0.2, 0) is 9.53 Å². The van der Waals surface area contributed by atoms with Crippen molar-refractivity contribution in [2.75, 3.05) is 20.2 Å². The highest BCUT2D eigenvalue weighted by molar-refractivity contribution is 7.17. The number of amides is 1. The van der Waals surface area contributed by atoms with Gasteiger partial charge in [0.05, 0.1) is 22.9 Å². The number of aryl methyl sites for hydroxylation is 1. The Morgan fingerprint density at radius 2 is 2.14 bits per heavy atom. The summed E-state index contributed by atoms with van der Waals surface area (Å²) in [4.78, 5) is 26.1. The Kier molecular flexibility index (Phi) is 4.96. The summed E-state index contributed by atoms with van der Waals surface area (Å²) in [5.74, 6) is 0.517. The van der Waals surface area contributed by atoms with Crippen molar-refractivity contribution in [1.29, 1.82) is 5.26 Å². The molecule has 0 aromatic carbocycles. The molecule has 0 aliphatic carbocycles. The summed E-state index contributed by atoms with van der Waals surface area (Å²) in [5, 5.41) is 8.80. The van der Waals surface area contributed by atoms with Gasteiger partial charge in [-0.2, -0.15) is 5.26 Å². The number of nitrogens with zero attached hydrogens (tertiary/aromatic N) is 2. The van der Waals surface area contributed by atoms with Crippen LogP contribution in [0.4, 0.5) is 0 Å². The molecule has 0 radical (unpaired) electrons. The number of ether oxygens (including phenoxy) is 1. The van der Waals surface area contributed by atoms with E-state index in [0.717, 1.165) is 15.5 Å². The van der Waals surface area contributed by atoms with Crippen molar-refractivity contribution in [2.24, 2.45) is 0 Å². The Morgan fingerprint density at radius 1 is 1.36 bits per heavy atom. The minimum atomic E-state index is -0.568. The highest BCUT2D eigenvalue weighted by Gasteiger charge is 2.21. The minimum Gasteiger partial charge on any atom is -0.468 e. The predicted molar refractivity (Wildman–Crippen MR) is 80.3 cm³/mol. The molecule has 0 aliphatic heterocycles. The average molecular weight is 318 g/mol. The zero-order valence-corrected chi connectivity index (χ0v) is 13.0. The van der Waals surface area contributed by atoms with Gasteiger partial charge in [-0.1, -0.05) is 0 Å². The zero-order chi connectivity index (χ0) is 16.1. The molecular weight excluding hydrogens is 304 g/mol. The summed E-state index contributed by atoms with van der Waals surface area (Å²) in [6, 6.07) is 8.98. The number of nitriles is 1. The van der Waals surface area contributed by atoms with Gasteiger partial charge >= 0.3 is 5.97 Å². The highest BCUT2D eigenvalue weighted by atomic mass is 32.1. The first kappa shape index (κ1) is 15.8. The SMILES string of the molecule is COC(=O)CN(CC#N)C(=O)c1ccc(-c2ccc(C)o2)s1. The van der Waals surface area contributed by atoms with Crippen LogP contribution in [-0.4, -0.2) is 37.0 Å². The monoisotopic (exact) mass is 318 g/mol. The van der Waals surface area contributed by atoms with Crippen molar-refractivity contribution in [3.05, 3.63) is 34.9 Å². The van der Waals surface area contributed by atoms with E-state index in [9.17, 15) is 9.59 Å². The smallest absolute Gasteiger partial charge is 0.325 e. The molecule has 114 valence electrons. The lowest BCUT2D eigenvalue weighted by Crippen LogP contribution is -2.36. The number of hydrogen-bond donors (Lipinski definition) is 0. The largest absolute Gasteiger partial charge is 0.468 e. The van der Waals surface area contributed by atoms with Gasteiger partial charge in [-0.05, 0) is 31.2 Å². The number of methoxy groups -OCH3 is 1. The lowest BCUT2D eigenvalue weighted by atomic mass is 10.3. The van der Waals surface area contributed by atoms with Gasteiger partial charge in [0.1, 0.15) is 24.6 Å². The number of thiophene rings is 1.